The number of amides is 2. The second kappa shape index (κ2) is 7.85. The Morgan fingerprint density at radius 2 is 1.97 bits per heavy atom. The molecule has 3 aromatic rings. The number of urea groups is 1. The van der Waals surface area contributed by atoms with Crippen molar-refractivity contribution in [1.29, 1.82) is 0 Å². The van der Waals surface area contributed by atoms with Gasteiger partial charge in [-0.3, -0.25) is 14.9 Å². The lowest BCUT2D eigenvalue weighted by molar-refractivity contribution is 0.167. The number of aromatic nitrogens is 2. The third-order valence-corrected chi connectivity index (χ3v) is 6.97. The number of carbonyl (C=O) groups is 1. The van der Waals surface area contributed by atoms with Crippen molar-refractivity contribution in [3.05, 3.63) is 75.0 Å². The van der Waals surface area contributed by atoms with Gasteiger partial charge in [0.05, 0.1) is 33.7 Å². The molecule has 1 atom stereocenters. The molecule has 1 saturated carbocycles. The molecule has 2 aromatic heterocycles. The Balaban J connectivity index is 1.36. The summed E-state index contributed by atoms with van der Waals surface area (Å²) in [6.45, 7) is 0.303. The van der Waals surface area contributed by atoms with Crippen molar-refractivity contribution in [1.82, 2.24) is 9.97 Å². The van der Waals surface area contributed by atoms with Gasteiger partial charge in [0.1, 0.15) is 23.4 Å². The lowest BCUT2D eigenvalue weighted by Gasteiger charge is -2.33. The summed E-state index contributed by atoms with van der Waals surface area (Å²) in [5.74, 6) is 0.564. The van der Waals surface area contributed by atoms with Crippen LogP contribution in [0.5, 0.6) is 5.75 Å². The van der Waals surface area contributed by atoms with Crippen LogP contribution in [0, 0.1) is 5.82 Å². The smallest absolute Gasteiger partial charge is 0.326 e. The molecular formula is C24H19Cl2FN4O2. The minimum absolute atomic E-state index is 0.277. The Labute approximate surface area is 199 Å². The normalized spacial score (nSPS) is 19.4. The fourth-order valence-corrected chi connectivity index (χ4v) is 5.06. The van der Waals surface area contributed by atoms with Crippen molar-refractivity contribution in [2.45, 2.75) is 44.2 Å². The van der Waals surface area contributed by atoms with Gasteiger partial charge in [-0.2, -0.15) is 0 Å². The van der Waals surface area contributed by atoms with E-state index in [1.807, 2.05) is 6.07 Å². The fraction of sp³-hybridized carbons (Fsp3) is 0.292. The van der Waals surface area contributed by atoms with E-state index in [0.717, 1.165) is 29.7 Å². The van der Waals surface area contributed by atoms with E-state index in [0.29, 0.717) is 52.5 Å². The number of nitrogens with zero attached hydrogens (tertiary/aromatic N) is 3. The van der Waals surface area contributed by atoms with Gasteiger partial charge in [-0.15, -0.1) is 0 Å². The van der Waals surface area contributed by atoms with Crippen molar-refractivity contribution in [2.24, 2.45) is 0 Å². The Bertz CT molecular complexity index is 1300. The number of ether oxygens (including phenoxy) is 1. The van der Waals surface area contributed by atoms with Gasteiger partial charge >= 0.3 is 6.03 Å². The van der Waals surface area contributed by atoms with Crippen LogP contribution >= 0.6 is 23.2 Å². The number of aryl methyl sites for hydroxylation is 1. The number of rotatable bonds is 3. The summed E-state index contributed by atoms with van der Waals surface area (Å²) in [5.41, 5.74) is 4.20. The number of benzene rings is 1. The maximum atomic E-state index is 14.3. The van der Waals surface area contributed by atoms with Crippen LogP contribution in [0.4, 0.5) is 20.6 Å². The highest BCUT2D eigenvalue weighted by Crippen LogP contribution is 2.47. The number of hydrogen-bond acceptors (Lipinski definition) is 4. The van der Waals surface area contributed by atoms with Gasteiger partial charge in [0.25, 0.3) is 0 Å². The van der Waals surface area contributed by atoms with Gasteiger partial charge in [-0.05, 0) is 49.4 Å². The molecule has 0 spiro atoms. The standard InChI is InChI=1S/C24H19Cl2FN4O2/c25-15-8-13-5-6-19(23-17(27)2-1-7-28-23)33-20(13)9-18(15)31-11-14-21(12-3-4-12)29-10-16(26)22(14)30-24(31)32/h1-2,7-10,12,19H,3-6,11H2,(H,30,32). The van der Waals surface area contributed by atoms with Gasteiger partial charge in [0.15, 0.2) is 0 Å². The van der Waals surface area contributed by atoms with Crippen LogP contribution in [0.1, 0.15) is 53.8 Å². The summed E-state index contributed by atoms with van der Waals surface area (Å²) in [6.07, 6.45) is 6.05. The molecule has 6 rings (SSSR count). The van der Waals surface area contributed by atoms with Gasteiger partial charge in [-0.1, -0.05) is 23.2 Å². The van der Waals surface area contributed by atoms with E-state index in [-0.39, 0.29) is 11.7 Å². The number of carbonyl (C=O) groups excluding carboxylic acids is 1. The molecule has 1 N–H and O–H groups in total. The second-order valence-corrected chi connectivity index (χ2v) is 9.38. The lowest BCUT2D eigenvalue weighted by Crippen LogP contribution is -2.39. The van der Waals surface area contributed by atoms with E-state index >= 15 is 0 Å². The molecular weight excluding hydrogens is 466 g/mol. The van der Waals surface area contributed by atoms with Gasteiger partial charge < -0.3 is 10.1 Å². The van der Waals surface area contributed by atoms with E-state index in [1.165, 1.54) is 6.07 Å². The zero-order chi connectivity index (χ0) is 22.7. The maximum Gasteiger partial charge on any atom is 0.326 e. The zero-order valence-corrected chi connectivity index (χ0v) is 19.0. The van der Waals surface area contributed by atoms with Gasteiger partial charge in [0, 0.05) is 29.9 Å². The number of pyridine rings is 2. The summed E-state index contributed by atoms with van der Waals surface area (Å²) >= 11 is 13.0. The van der Waals surface area contributed by atoms with Crippen LogP contribution < -0.4 is 15.0 Å². The van der Waals surface area contributed by atoms with Crippen LogP contribution in [0.25, 0.3) is 0 Å². The molecule has 0 saturated heterocycles. The highest BCUT2D eigenvalue weighted by molar-refractivity contribution is 6.35. The lowest BCUT2D eigenvalue weighted by atomic mass is 9.99. The molecule has 4 heterocycles. The minimum Gasteiger partial charge on any atom is -0.484 e. The highest BCUT2D eigenvalue weighted by Gasteiger charge is 2.35. The molecule has 33 heavy (non-hydrogen) atoms. The largest absolute Gasteiger partial charge is 0.484 e. The maximum absolute atomic E-state index is 14.3. The first-order valence-corrected chi connectivity index (χ1v) is 11.6. The Kier molecular flexibility index (Phi) is 4.92. The van der Waals surface area contributed by atoms with E-state index in [4.69, 9.17) is 27.9 Å². The van der Waals surface area contributed by atoms with E-state index in [9.17, 15) is 9.18 Å². The average molecular weight is 485 g/mol. The SMILES string of the molecule is O=C1Nc2c(Cl)cnc(C3CC3)c2CN1c1cc2c(cc1Cl)CCC(c1ncccc1F)O2. The monoisotopic (exact) mass is 484 g/mol. The molecule has 3 aliphatic rings. The van der Waals surface area contributed by atoms with Crippen LogP contribution in [-0.2, 0) is 13.0 Å². The quantitative estimate of drug-likeness (QED) is 0.465. The predicted octanol–water partition coefficient (Wildman–Crippen LogP) is 6.42. The number of hydrogen-bond donors (Lipinski definition) is 1. The van der Waals surface area contributed by atoms with Crippen molar-refractivity contribution < 1.29 is 13.9 Å². The predicted molar refractivity (Wildman–Crippen MR) is 124 cm³/mol. The van der Waals surface area contributed by atoms with E-state index in [1.54, 1.807) is 29.4 Å². The number of nitrogens with one attached hydrogen (secondary N) is 1. The van der Waals surface area contributed by atoms with E-state index in [2.05, 4.69) is 15.3 Å². The van der Waals surface area contributed by atoms with Crippen molar-refractivity contribution in [3.8, 4) is 5.75 Å². The van der Waals surface area contributed by atoms with Crippen LogP contribution in [0.15, 0.2) is 36.7 Å². The molecule has 1 unspecified atom stereocenters. The summed E-state index contributed by atoms with van der Waals surface area (Å²) in [5, 5.41) is 3.77. The third kappa shape index (κ3) is 3.60. The van der Waals surface area contributed by atoms with Crippen molar-refractivity contribution in [3.63, 3.8) is 0 Å². The molecule has 0 bridgehead atoms. The first-order chi connectivity index (χ1) is 16.0. The summed E-state index contributed by atoms with van der Waals surface area (Å²) in [7, 11) is 0. The minimum atomic E-state index is -0.506. The van der Waals surface area contributed by atoms with Crippen molar-refractivity contribution in [2.75, 3.05) is 10.2 Å². The Hall–Kier alpha value is -2.90. The van der Waals surface area contributed by atoms with Crippen LogP contribution in [0.2, 0.25) is 10.0 Å². The number of halogens is 3. The average Bonchev–Trinajstić information content (AvgIpc) is 3.64. The molecule has 1 aliphatic carbocycles. The van der Waals surface area contributed by atoms with Crippen LogP contribution in [-0.4, -0.2) is 16.0 Å². The summed E-state index contributed by atoms with van der Waals surface area (Å²) < 4.78 is 20.4. The number of fused-ring (bicyclic) bond motifs is 2. The first kappa shape index (κ1) is 20.7. The topological polar surface area (TPSA) is 67.4 Å². The summed E-state index contributed by atoms with van der Waals surface area (Å²) in [6, 6.07) is 6.17. The second-order valence-electron chi connectivity index (χ2n) is 8.56. The molecule has 1 aromatic carbocycles. The molecule has 9 heteroatoms. The first-order valence-electron chi connectivity index (χ1n) is 10.8. The third-order valence-electron chi connectivity index (χ3n) is 6.38. The number of anilines is 2. The van der Waals surface area contributed by atoms with Crippen molar-refractivity contribution >= 4 is 40.6 Å². The zero-order valence-electron chi connectivity index (χ0n) is 17.4. The molecule has 0 radical (unpaired) electrons. The van der Waals surface area contributed by atoms with Gasteiger partial charge in [-0.25, -0.2) is 9.18 Å². The molecule has 2 aliphatic heterocycles. The van der Waals surface area contributed by atoms with E-state index < -0.39 is 11.9 Å². The molecule has 168 valence electrons. The Morgan fingerprint density at radius 3 is 2.76 bits per heavy atom. The Morgan fingerprint density at radius 1 is 1.12 bits per heavy atom. The molecule has 1 fully saturated rings. The highest BCUT2D eigenvalue weighted by atomic mass is 35.5. The van der Waals surface area contributed by atoms with Gasteiger partial charge in [0.2, 0.25) is 0 Å². The van der Waals surface area contributed by atoms with Crippen LogP contribution in [0.3, 0.4) is 0 Å². The summed E-state index contributed by atoms with van der Waals surface area (Å²) in [4.78, 5) is 23.3. The molecule has 6 nitrogen and oxygen atoms in total. The molecule has 2 amide bonds. The fourth-order valence-electron chi connectivity index (χ4n) is 4.57.